The van der Waals surface area contributed by atoms with E-state index in [0.717, 1.165) is 11.1 Å². The van der Waals surface area contributed by atoms with E-state index in [0.29, 0.717) is 31.9 Å². The number of pyridine rings is 1. The Balaban J connectivity index is 2.38. The standard InChI is InChI=1S/C11H16N2O2/c1-8-6-9(10(12)13-7-8)11(14)2-4-15-5-3-11/h6-7,14H,2-5H2,1H3,(H2,12,13). The van der Waals surface area contributed by atoms with Crippen LogP contribution in [-0.4, -0.2) is 23.3 Å². The molecule has 0 amide bonds. The van der Waals surface area contributed by atoms with E-state index < -0.39 is 5.60 Å². The molecule has 0 bridgehead atoms. The van der Waals surface area contributed by atoms with E-state index in [4.69, 9.17) is 10.5 Å². The maximum atomic E-state index is 10.4. The molecular formula is C11H16N2O2. The van der Waals surface area contributed by atoms with Crippen LogP contribution in [0.5, 0.6) is 0 Å². The highest BCUT2D eigenvalue weighted by atomic mass is 16.5. The number of aromatic nitrogens is 1. The topological polar surface area (TPSA) is 68.4 Å². The molecule has 2 heterocycles. The van der Waals surface area contributed by atoms with Gasteiger partial charge < -0.3 is 15.6 Å². The molecule has 1 aromatic heterocycles. The summed E-state index contributed by atoms with van der Waals surface area (Å²) in [5.41, 5.74) is 6.69. The molecule has 82 valence electrons. The Kier molecular flexibility index (Phi) is 2.63. The number of hydrogen-bond acceptors (Lipinski definition) is 4. The zero-order chi connectivity index (χ0) is 10.9. The van der Waals surface area contributed by atoms with Gasteiger partial charge in [-0.3, -0.25) is 0 Å². The maximum Gasteiger partial charge on any atom is 0.129 e. The fourth-order valence-corrected chi connectivity index (χ4v) is 1.93. The van der Waals surface area contributed by atoms with Crippen molar-refractivity contribution in [1.29, 1.82) is 0 Å². The molecular weight excluding hydrogens is 192 g/mol. The van der Waals surface area contributed by atoms with E-state index in [9.17, 15) is 5.11 Å². The van der Waals surface area contributed by atoms with Gasteiger partial charge in [0.15, 0.2) is 0 Å². The quantitative estimate of drug-likeness (QED) is 0.721. The second-order valence-electron chi connectivity index (χ2n) is 4.09. The van der Waals surface area contributed by atoms with Crippen molar-refractivity contribution in [3.63, 3.8) is 0 Å². The molecule has 0 aromatic carbocycles. The minimum atomic E-state index is -0.860. The van der Waals surface area contributed by atoms with Gasteiger partial charge in [-0.1, -0.05) is 0 Å². The van der Waals surface area contributed by atoms with E-state index in [-0.39, 0.29) is 0 Å². The summed E-state index contributed by atoms with van der Waals surface area (Å²) in [6, 6.07) is 1.91. The van der Waals surface area contributed by atoms with Crippen LogP contribution in [0, 0.1) is 6.92 Å². The van der Waals surface area contributed by atoms with Crippen LogP contribution in [0.4, 0.5) is 5.82 Å². The Morgan fingerprint density at radius 3 is 2.80 bits per heavy atom. The Labute approximate surface area is 89.1 Å². The third-order valence-corrected chi connectivity index (χ3v) is 2.88. The zero-order valence-corrected chi connectivity index (χ0v) is 8.86. The molecule has 0 saturated carbocycles. The van der Waals surface area contributed by atoms with Crippen molar-refractivity contribution < 1.29 is 9.84 Å². The molecule has 1 saturated heterocycles. The van der Waals surface area contributed by atoms with E-state index in [1.807, 2.05) is 13.0 Å². The van der Waals surface area contributed by atoms with E-state index in [2.05, 4.69) is 4.98 Å². The largest absolute Gasteiger partial charge is 0.385 e. The van der Waals surface area contributed by atoms with Crippen molar-refractivity contribution in [2.24, 2.45) is 0 Å². The number of nitrogens with zero attached hydrogens (tertiary/aromatic N) is 1. The number of aliphatic hydroxyl groups is 1. The van der Waals surface area contributed by atoms with E-state index in [1.54, 1.807) is 6.20 Å². The molecule has 15 heavy (non-hydrogen) atoms. The molecule has 1 aromatic rings. The molecule has 3 N–H and O–H groups in total. The lowest BCUT2D eigenvalue weighted by Gasteiger charge is -2.33. The fraction of sp³-hybridized carbons (Fsp3) is 0.545. The number of anilines is 1. The Morgan fingerprint density at radius 2 is 2.13 bits per heavy atom. The number of hydrogen-bond donors (Lipinski definition) is 2. The molecule has 1 aliphatic heterocycles. The molecule has 2 rings (SSSR count). The van der Waals surface area contributed by atoms with Gasteiger partial charge in [-0.25, -0.2) is 4.98 Å². The zero-order valence-electron chi connectivity index (χ0n) is 8.86. The van der Waals surface area contributed by atoms with Crippen LogP contribution in [0.15, 0.2) is 12.3 Å². The molecule has 0 radical (unpaired) electrons. The molecule has 0 unspecified atom stereocenters. The van der Waals surface area contributed by atoms with Crippen molar-refractivity contribution >= 4 is 5.82 Å². The molecule has 1 aliphatic rings. The average Bonchev–Trinajstić information content (AvgIpc) is 2.23. The van der Waals surface area contributed by atoms with Crippen LogP contribution in [0.2, 0.25) is 0 Å². The number of aryl methyl sites for hydroxylation is 1. The predicted octanol–water partition coefficient (Wildman–Crippen LogP) is 0.970. The Bertz CT molecular complexity index is 360. The summed E-state index contributed by atoms with van der Waals surface area (Å²) >= 11 is 0. The van der Waals surface area contributed by atoms with Crippen LogP contribution in [-0.2, 0) is 10.3 Å². The van der Waals surface area contributed by atoms with Crippen molar-refractivity contribution in [2.45, 2.75) is 25.4 Å². The third-order valence-electron chi connectivity index (χ3n) is 2.88. The fourth-order valence-electron chi connectivity index (χ4n) is 1.93. The summed E-state index contributed by atoms with van der Waals surface area (Å²) < 4.78 is 5.24. The minimum Gasteiger partial charge on any atom is -0.385 e. The highest BCUT2D eigenvalue weighted by molar-refractivity contribution is 5.44. The number of nitrogen functional groups attached to an aromatic ring is 1. The first-order valence-electron chi connectivity index (χ1n) is 5.14. The van der Waals surface area contributed by atoms with Crippen LogP contribution < -0.4 is 5.73 Å². The average molecular weight is 208 g/mol. The van der Waals surface area contributed by atoms with Crippen molar-refractivity contribution in [3.05, 3.63) is 23.4 Å². The van der Waals surface area contributed by atoms with Crippen molar-refractivity contribution in [2.75, 3.05) is 18.9 Å². The van der Waals surface area contributed by atoms with E-state index >= 15 is 0 Å². The van der Waals surface area contributed by atoms with Gasteiger partial charge in [0.05, 0.1) is 5.60 Å². The monoisotopic (exact) mass is 208 g/mol. The lowest BCUT2D eigenvalue weighted by molar-refractivity contribution is -0.0676. The van der Waals surface area contributed by atoms with Gasteiger partial charge in [0.2, 0.25) is 0 Å². The normalized spacial score (nSPS) is 20.1. The molecule has 4 heteroatoms. The summed E-state index contributed by atoms with van der Waals surface area (Å²) in [4.78, 5) is 4.08. The number of nitrogens with two attached hydrogens (primary N) is 1. The summed E-state index contributed by atoms with van der Waals surface area (Å²) in [6.07, 6.45) is 2.88. The summed E-state index contributed by atoms with van der Waals surface area (Å²) in [5.74, 6) is 0.421. The number of ether oxygens (including phenoxy) is 1. The van der Waals surface area contributed by atoms with Gasteiger partial charge >= 0.3 is 0 Å². The van der Waals surface area contributed by atoms with Gasteiger partial charge in [-0.05, 0) is 18.6 Å². The second-order valence-corrected chi connectivity index (χ2v) is 4.09. The van der Waals surface area contributed by atoms with Crippen LogP contribution in [0.3, 0.4) is 0 Å². The smallest absolute Gasteiger partial charge is 0.129 e. The first kappa shape index (κ1) is 10.4. The summed E-state index contributed by atoms with van der Waals surface area (Å²) in [7, 11) is 0. The SMILES string of the molecule is Cc1cnc(N)c(C2(O)CCOCC2)c1. The Hall–Kier alpha value is -1.13. The lowest BCUT2D eigenvalue weighted by Crippen LogP contribution is -2.34. The van der Waals surface area contributed by atoms with Gasteiger partial charge in [0.1, 0.15) is 5.82 Å². The molecule has 4 nitrogen and oxygen atoms in total. The van der Waals surface area contributed by atoms with Crippen molar-refractivity contribution in [3.8, 4) is 0 Å². The molecule has 0 atom stereocenters. The van der Waals surface area contributed by atoms with Crippen LogP contribution in [0.25, 0.3) is 0 Å². The molecule has 1 fully saturated rings. The van der Waals surface area contributed by atoms with Gasteiger partial charge in [0, 0.05) is 37.8 Å². The Morgan fingerprint density at radius 1 is 1.47 bits per heavy atom. The molecule has 0 aliphatic carbocycles. The highest BCUT2D eigenvalue weighted by Crippen LogP contribution is 2.34. The van der Waals surface area contributed by atoms with E-state index in [1.165, 1.54) is 0 Å². The lowest BCUT2D eigenvalue weighted by atomic mass is 9.86. The summed E-state index contributed by atoms with van der Waals surface area (Å²) in [6.45, 7) is 3.09. The molecule has 0 spiro atoms. The highest BCUT2D eigenvalue weighted by Gasteiger charge is 2.33. The van der Waals surface area contributed by atoms with Gasteiger partial charge in [0.25, 0.3) is 0 Å². The third kappa shape index (κ3) is 1.96. The minimum absolute atomic E-state index is 0.421. The van der Waals surface area contributed by atoms with Crippen molar-refractivity contribution in [1.82, 2.24) is 4.98 Å². The van der Waals surface area contributed by atoms with Gasteiger partial charge in [-0.15, -0.1) is 0 Å². The first-order chi connectivity index (χ1) is 7.12. The number of rotatable bonds is 1. The first-order valence-corrected chi connectivity index (χ1v) is 5.14. The van der Waals surface area contributed by atoms with Crippen LogP contribution >= 0.6 is 0 Å². The van der Waals surface area contributed by atoms with Gasteiger partial charge in [-0.2, -0.15) is 0 Å². The maximum absolute atomic E-state index is 10.4. The van der Waals surface area contributed by atoms with Crippen LogP contribution in [0.1, 0.15) is 24.0 Å². The second kappa shape index (κ2) is 3.79. The summed E-state index contributed by atoms with van der Waals surface area (Å²) in [5, 5.41) is 10.4. The predicted molar refractivity (Wildman–Crippen MR) is 57.3 cm³/mol.